The van der Waals surface area contributed by atoms with Crippen LogP contribution in [0.5, 0.6) is 0 Å². The molecule has 2 rings (SSSR count). The van der Waals surface area contributed by atoms with Crippen molar-refractivity contribution in [3.05, 3.63) is 39.8 Å². The van der Waals surface area contributed by atoms with Crippen molar-refractivity contribution in [2.45, 2.75) is 11.4 Å². The van der Waals surface area contributed by atoms with Crippen LogP contribution in [0, 0.1) is 0 Å². The van der Waals surface area contributed by atoms with Gasteiger partial charge in [-0.15, -0.1) is 11.3 Å². The lowest BCUT2D eigenvalue weighted by molar-refractivity contribution is 0.483. The zero-order chi connectivity index (χ0) is 13.2. The van der Waals surface area contributed by atoms with E-state index in [-0.39, 0.29) is 4.90 Å². The molecular formula is C10H9ClN2O3S2. The Balaban J connectivity index is 2.03. The molecule has 18 heavy (non-hydrogen) atoms. The van der Waals surface area contributed by atoms with Gasteiger partial charge >= 0.3 is 0 Å². The highest BCUT2D eigenvalue weighted by molar-refractivity contribution is 7.85. The Morgan fingerprint density at radius 2 is 2.00 bits per heavy atom. The van der Waals surface area contributed by atoms with Crippen molar-refractivity contribution >= 4 is 38.7 Å². The van der Waals surface area contributed by atoms with Crippen LogP contribution in [-0.2, 0) is 16.7 Å². The van der Waals surface area contributed by atoms with E-state index in [9.17, 15) is 8.42 Å². The monoisotopic (exact) mass is 304 g/mol. The van der Waals surface area contributed by atoms with Gasteiger partial charge in [0.2, 0.25) is 0 Å². The fraction of sp³-hybridized carbons (Fsp3) is 0.100. The second-order valence-electron chi connectivity index (χ2n) is 3.43. The fourth-order valence-electron chi connectivity index (χ4n) is 1.30. The summed E-state index contributed by atoms with van der Waals surface area (Å²) in [6.45, 7) is 0.551. The molecule has 0 amide bonds. The van der Waals surface area contributed by atoms with E-state index >= 15 is 0 Å². The number of aromatic nitrogens is 1. The molecule has 0 spiro atoms. The summed E-state index contributed by atoms with van der Waals surface area (Å²) in [5.74, 6) is 0. The molecule has 0 fully saturated rings. The average Bonchev–Trinajstić information content (AvgIpc) is 2.72. The number of thiazole rings is 1. The van der Waals surface area contributed by atoms with Crippen LogP contribution >= 0.6 is 22.9 Å². The van der Waals surface area contributed by atoms with Crippen molar-refractivity contribution in [2.75, 3.05) is 5.32 Å². The van der Waals surface area contributed by atoms with Crippen molar-refractivity contribution < 1.29 is 13.0 Å². The molecule has 0 atom stereocenters. The lowest BCUT2D eigenvalue weighted by Gasteiger charge is -2.04. The van der Waals surface area contributed by atoms with E-state index < -0.39 is 10.1 Å². The minimum Gasteiger partial charge on any atom is -0.380 e. The van der Waals surface area contributed by atoms with Crippen LogP contribution in [0.1, 0.15) is 4.88 Å². The standard InChI is InChI=1S/C10H9ClN2O3S2/c11-10-13-6-8(17-10)5-12-7-1-3-9(4-2-7)18(14,15)16/h1-4,6,12H,5H2,(H,14,15,16). The van der Waals surface area contributed by atoms with Crippen molar-refractivity contribution in [1.29, 1.82) is 0 Å². The number of anilines is 1. The van der Waals surface area contributed by atoms with Crippen molar-refractivity contribution in [3.63, 3.8) is 0 Å². The summed E-state index contributed by atoms with van der Waals surface area (Å²) < 4.78 is 31.0. The van der Waals surface area contributed by atoms with Crippen LogP contribution in [0.15, 0.2) is 35.4 Å². The fourth-order valence-corrected chi connectivity index (χ4v) is 2.70. The Bertz CT molecular complexity index is 637. The Morgan fingerprint density at radius 1 is 1.33 bits per heavy atom. The molecule has 0 saturated carbocycles. The van der Waals surface area contributed by atoms with Gasteiger partial charge < -0.3 is 5.32 Å². The lowest BCUT2D eigenvalue weighted by atomic mass is 10.3. The molecule has 0 radical (unpaired) electrons. The first-order chi connectivity index (χ1) is 8.45. The summed E-state index contributed by atoms with van der Waals surface area (Å²) in [5.41, 5.74) is 0.743. The Kier molecular flexibility index (Phi) is 3.86. The number of benzene rings is 1. The molecule has 1 heterocycles. The summed E-state index contributed by atoms with van der Waals surface area (Å²) in [7, 11) is -4.14. The van der Waals surface area contributed by atoms with E-state index in [1.54, 1.807) is 18.3 Å². The van der Waals surface area contributed by atoms with Crippen LogP contribution in [0.4, 0.5) is 5.69 Å². The number of halogens is 1. The number of hydrogen-bond donors (Lipinski definition) is 2. The molecule has 0 saturated heterocycles. The summed E-state index contributed by atoms with van der Waals surface area (Å²) in [6, 6.07) is 5.81. The average molecular weight is 305 g/mol. The molecule has 0 bridgehead atoms. The third-order valence-electron chi connectivity index (χ3n) is 2.14. The van der Waals surface area contributed by atoms with Crippen LogP contribution < -0.4 is 5.32 Å². The van der Waals surface area contributed by atoms with E-state index in [4.69, 9.17) is 16.2 Å². The highest BCUT2D eigenvalue weighted by Crippen LogP contribution is 2.19. The van der Waals surface area contributed by atoms with E-state index in [1.807, 2.05) is 0 Å². The number of rotatable bonds is 4. The largest absolute Gasteiger partial charge is 0.380 e. The van der Waals surface area contributed by atoms with Crippen LogP contribution in [0.3, 0.4) is 0 Å². The molecule has 1 aromatic heterocycles. The molecule has 0 aliphatic rings. The zero-order valence-electron chi connectivity index (χ0n) is 9.00. The molecule has 0 aliphatic carbocycles. The first-order valence-electron chi connectivity index (χ1n) is 4.87. The minimum absolute atomic E-state index is 0.131. The molecule has 8 heteroatoms. The quantitative estimate of drug-likeness (QED) is 0.849. The van der Waals surface area contributed by atoms with E-state index in [2.05, 4.69) is 10.3 Å². The maximum absolute atomic E-state index is 10.8. The third kappa shape index (κ3) is 3.42. The van der Waals surface area contributed by atoms with Crippen molar-refractivity contribution in [2.24, 2.45) is 0 Å². The molecule has 0 unspecified atom stereocenters. The molecule has 0 aliphatic heterocycles. The molecule has 2 N–H and O–H groups in total. The van der Waals surface area contributed by atoms with Gasteiger partial charge in [0.1, 0.15) is 0 Å². The van der Waals surface area contributed by atoms with Gasteiger partial charge in [0.25, 0.3) is 10.1 Å². The minimum atomic E-state index is -4.14. The molecule has 2 aromatic rings. The number of nitrogens with one attached hydrogen (secondary N) is 1. The van der Waals surface area contributed by atoms with E-state index in [0.29, 0.717) is 11.0 Å². The van der Waals surface area contributed by atoms with Gasteiger partial charge in [-0.3, -0.25) is 4.55 Å². The first kappa shape index (κ1) is 13.3. The van der Waals surface area contributed by atoms with E-state index in [1.165, 1.54) is 23.5 Å². The molecule has 96 valence electrons. The van der Waals surface area contributed by atoms with Crippen molar-refractivity contribution in [3.8, 4) is 0 Å². The molecule has 1 aromatic carbocycles. The topological polar surface area (TPSA) is 79.3 Å². The second kappa shape index (κ2) is 5.23. The van der Waals surface area contributed by atoms with Gasteiger partial charge in [0.15, 0.2) is 4.47 Å². The first-order valence-corrected chi connectivity index (χ1v) is 7.50. The summed E-state index contributed by atoms with van der Waals surface area (Å²) >= 11 is 7.07. The molecule has 5 nitrogen and oxygen atoms in total. The van der Waals surface area contributed by atoms with Crippen LogP contribution in [0.25, 0.3) is 0 Å². The van der Waals surface area contributed by atoms with Gasteiger partial charge in [-0.05, 0) is 24.3 Å². The Hall–Kier alpha value is -1.15. The summed E-state index contributed by atoms with van der Waals surface area (Å²) in [6.07, 6.45) is 1.67. The SMILES string of the molecule is O=S(=O)(O)c1ccc(NCc2cnc(Cl)s2)cc1. The normalized spacial score (nSPS) is 11.4. The molecular weight excluding hydrogens is 296 g/mol. The maximum Gasteiger partial charge on any atom is 0.294 e. The summed E-state index contributed by atoms with van der Waals surface area (Å²) in [5, 5.41) is 3.09. The van der Waals surface area contributed by atoms with Crippen LogP contribution in [-0.4, -0.2) is 18.0 Å². The maximum atomic E-state index is 10.8. The third-order valence-corrected chi connectivity index (χ3v) is 4.13. The van der Waals surface area contributed by atoms with Gasteiger partial charge in [-0.1, -0.05) is 11.6 Å². The van der Waals surface area contributed by atoms with E-state index in [0.717, 1.165) is 10.6 Å². The second-order valence-corrected chi connectivity index (χ2v) is 6.55. The van der Waals surface area contributed by atoms with Gasteiger partial charge in [0, 0.05) is 16.8 Å². The smallest absolute Gasteiger partial charge is 0.294 e. The number of hydrogen-bond acceptors (Lipinski definition) is 5. The van der Waals surface area contributed by atoms with Crippen molar-refractivity contribution in [1.82, 2.24) is 4.98 Å². The predicted molar refractivity (Wildman–Crippen MR) is 70.7 cm³/mol. The highest BCUT2D eigenvalue weighted by Gasteiger charge is 2.08. The number of nitrogens with zero attached hydrogens (tertiary/aromatic N) is 1. The van der Waals surface area contributed by atoms with Gasteiger partial charge in [-0.25, -0.2) is 4.98 Å². The zero-order valence-corrected chi connectivity index (χ0v) is 11.4. The lowest BCUT2D eigenvalue weighted by Crippen LogP contribution is -2.00. The highest BCUT2D eigenvalue weighted by atomic mass is 35.5. The Morgan fingerprint density at radius 3 is 2.50 bits per heavy atom. The van der Waals surface area contributed by atoms with Crippen LogP contribution in [0.2, 0.25) is 4.47 Å². The van der Waals surface area contributed by atoms with Gasteiger partial charge in [0.05, 0.1) is 11.4 Å². The summed E-state index contributed by atoms with van der Waals surface area (Å²) in [4.78, 5) is 4.75. The predicted octanol–water partition coefficient (Wildman–Crippen LogP) is 2.66. The Labute approximate surface area is 113 Å². The van der Waals surface area contributed by atoms with Gasteiger partial charge in [-0.2, -0.15) is 8.42 Å².